The number of carboxylic acid groups (broad SMARTS) is 1. The van der Waals surface area contributed by atoms with Gasteiger partial charge in [0.25, 0.3) is 0 Å². The third kappa shape index (κ3) is 2.34. The highest BCUT2D eigenvalue weighted by Crippen LogP contribution is 1.96. The number of hydrogen-bond acceptors (Lipinski definition) is 1. The summed E-state index contributed by atoms with van der Waals surface area (Å²) in [6.45, 7) is 3.18. The first-order chi connectivity index (χ1) is 3.68. The molecule has 0 aromatic carbocycles. The lowest BCUT2D eigenvalue weighted by Gasteiger charge is -1.93. The quantitative estimate of drug-likeness (QED) is 0.561. The Labute approximate surface area is 46.6 Å². The number of hydrogen-bond donors (Lipinski definition) is 1. The van der Waals surface area contributed by atoms with Crippen LogP contribution in [-0.4, -0.2) is 17.2 Å². The van der Waals surface area contributed by atoms with Crippen molar-refractivity contribution >= 4 is 5.97 Å². The fraction of sp³-hybridized carbons (Fsp3) is 0.400. The summed E-state index contributed by atoms with van der Waals surface area (Å²) in [4.78, 5) is 9.67. The van der Waals surface area contributed by atoms with Crippen LogP contribution in [0, 0.1) is 0 Å². The van der Waals surface area contributed by atoms with Crippen molar-refractivity contribution in [2.45, 2.75) is 12.6 Å². The van der Waals surface area contributed by atoms with Crippen LogP contribution in [0.4, 0.5) is 4.39 Å². The monoisotopic (exact) mass is 118 g/mol. The van der Waals surface area contributed by atoms with Crippen molar-refractivity contribution in [1.29, 1.82) is 0 Å². The molecule has 0 heterocycles. The van der Waals surface area contributed by atoms with Gasteiger partial charge in [0.2, 0.25) is 0 Å². The van der Waals surface area contributed by atoms with Crippen LogP contribution in [0.25, 0.3) is 0 Å². The largest absolute Gasteiger partial charge is 0.479 e. The van der Waals surface area contributed by atoms with Gasteiger partial charge < -0.3 is 5.11 Å². The topological polar surface area (TPSA) is 37.3 Å². The molecule has 0 spiro atoms. The van der Waals surface area contributed by atoms with Crippen LogP contribution in [-0.2, 0) is 4.79 Å². The Morgan fingerprint density at radius 3 is 2.62 bits per heavy atom. The molecule has 1 N–H and O–H groups in total. The molecule has 0 saturated heterocycles. The van der Waals surface area contributed by atoms with Crippen molar-refractivity contribution in [2.75, 3.05) is 0 Å². The van der Waals surface area contributed by atoms with Crippen LogP contribution < -0.4 is 0 Å². The molecule has 0 aromatic heterocycles. The van der Waals surface area contributed by atoms with Gasteiger partial charge in [0.15, 0.2) is 6.17 Å². The Hall–Kier alpha value is -0.860. The molecule has 0 amide bonds. The molecule has 0 bridgehead atoms. The molecule has 8 heavy (non-hydrogen) atoms. The van der Waals surface area contributed by atoms with Crippen molar-refractivity contribution in [2.24, 2.45) is 0 Å². The van der Waals surface area contributed by atoms with Crippen molar-refractivity contribution in [1.82, 2.24) is 0 Å². The summed E-state index contributed by atoms with van der Waals surface area (Å²) in [7, 11) is 0. The number of carbonyl (C=O) groups is 1. The zero-order chi connectivity index (χ0) is 6.57. The van der Waals surface area contributed by atoms with E-state index in [1.54, 1.807) is 0 Å². The lowest BCUT2D eigenvalue weighted by Crippen LogP contribution is -2.12. The Kier molecular flexibility index (Phi) is 2.84. The first-order valence-electron chi connectivity index (χ1n) is 2.16. The Balaban J connectivity index is 3.46. The van der Waals surface area contributed by atoms with Crippen molar-refractivity contribution in [3.63, 3.8) is 0 Å². The van der Waals surface area contributed by atoms with Crippen molar-refractivity contribution in [3.8, 4) is 0 Å². The molecule has 0 aliphatic rings. The molecule has 0 aromatic rings. The number of halogens is 1. The van der Waals surface area contributed by atoms with Crippen LogP contribution in [0.3, 0.4) is 0 Å². The third-order valence-electron chi connectivity index (χ3n) is 0.642. The minimum atomic E-state index is -1.78. The zero-order valence-electron chi connectivity index (χ0n) is 4.30. The van der Waals surface area contributed by atoms with E-state index in [-0.39, 0.29) is 6.42 Å². The summed E-state index contributed by atoms with van der Waals surface area (Å²) in [5.74, 6) is -1.43. The average molecular weight is 118 g/mol. The van der Waals surface area contributed by atoms with E-state index in [0.717, 1.165) is 0 Å². The second-order valence-corrected chi connectivity index (χ2v) is 1.33. The predicted molar refractivity (Wildman–Crippen MR) is 27.3 cm³/mol. The van der Waals surface area contributed by atoms with Gasteiger partial charge >= 0.3 is 5.97 Å². The summed E-state index contributed by atoms with van der Waals surface area (Å²) in [5.41, 5.74) is 0. The number of rotatable bonds is 3. The van der Waals surface area contributed by atoms with Gasteiger partial charge in [-0.2, -0.15) is 0 Å². The van der Waals surface area contributed by atoms with Gasteiger partial charge in [-0.3, -0.25) is 0 Å². The second-order valence-electron chi connectivity index (χ2n) is 1.33. The van der Waals surface area contributed by atoms with Gasteiger partial charge in [-0.05, 0) is 0 Å². The first kappa shape index (κ1) is 7.14. The summed E-state index contributed by atoms with van der Waals surface area (Å²) in [6, 6.07) is 0. The number of carboxylic acids is 1. The third-order valence-corrected chi connectivity index (χ3v) is 0.642. The second kappa shape index (κ2) is 3.18. The summed E-state index contributed by atoms with van der Waals surface area (Å²) in [6.07, 6.45) is -0.666. The fourth-order valence-corrected chi connectivity index (χ4v) is 0.247. The first-order valence-corrected chi connectivity index (χ1v) is 2.16. The standard InChI is InChI=1S/C5H7FO2/c1-2-3-4(6)5(7)8/h2,4H,1,3H2,(H,7,8). The van der Waals surface area contributed by atoms with Gasteiger partial charge in [-0.1, -0.05) is 6.08 Å². The van der Waals surface area contributed by atoms with E-state index in [4.69, 9.17) is 5.11 Å². The van der Waals surface area contributed by atoms with Crippen molar-refractivity contribution in [3.05, 3.63) is 12.7 Å². The molecule has 46 valence electrons. The van der Waals surface area contributed by atoms with E-state index in [1.807, 2.05) is 0 Å². The minimum absolute atomic E-state index is 0.116. The molecule has 0 aliphatic carbocycles. The van der Waals surface area contributed by atoms with E-state index >= 15 is 0 Å². The Bertz CT molecular complexity index is 101. The summed E-state index contributed by atoms with van der Waals surface area (Å²) >= 11 is 0. The lowest BCUT2D eigenvalue weighted by molar-refractivity contribution is -0.142. The van der Waals surface area contributed by atoms with Crippen LogP contribution in [0.5, 0.6) is 0 Å². The fourth-order valence-electron chi connectivity index (χ4n) is 0.247. The molecule has 0 aliphatic heterocycles. The highest BCUT2D eigenvalue weighted by Gasteiger charge is 2.11. The molecular weight excluding hydrogens is 111 g/mol. The lowest BCUT2D eigenvalue weighted by atomic mass is 10.3. The number of alkyl halides is 1. The summed E-state index contributed by atoms with van der Waals surface area (Å²) < 4.78 is 11.9. The highest BCUT2D eigenvalue weighted by molar-refractivity contribution is 5.72. The van der Waals surface area contributed by atoms with E-state index in [1.165, 1.54) is 6.08 Å². The van der Waals surface area contributed by atoms with E-state index in [2.05, 4.69) is 6.58 Å². The maximum absolute atomic E-state index is 11.9. The number of aliphatic carboxylic acids is 1. The Morgan fingerprint density at radius 1 is 2.00 bits per heavy atom. The van der Waals surface area contributed by atoms with Crippen molar-refractivity contribution < 1.29 is 14.3 Å². The molecule has 0 radical (unpaired) electrons. The van der Waals surface area contributed by atoms with E-state index < -0.39 is 12.1 Å². The molecule has 0 fully saturated rings. The molecule has 0 rings (SSSR count). The Morgan fingerprint density at radius 2 is 2.50 bits per heavy atom. The SMILES string of the molecule is C=CCC(F)C(=O)O. The average Bonchev–Trinajstić information content (AvgIpc) is 1.67. The molecule has 3 heteroatoms. The maximum Gasteiger partial charge on any atom is 0.338 e. The predicted octanol–water partition coefficient (Wildman–Crippen LogP) is 0.985. The molecule has 1 unspecified atom stereocenters. The van der Waals surface area contributed by atoms with E-state index in [0.29, 0.717) is 0 Å². The molecule has 1 atom stereocenters. The van der Waals surface area contributed by atoms with Crippen LogP contribution in [0.1, 0.15) is 6.42 Å². The molecular formula is C5H7FO2. The van der Waals surface area contributed by atoms with Gasteiger partial charge in [0.05, 0.1) is 0 Å². The summed E-state index contributed by atoms with van der Waals surface area (Å²) in [5, 5.41) is 7.89. The smallest absolute Gasteiger partial charge is 0.338 e. The normalized spacial score (nSPS) is 12.6. The zero-order valence-corrected chi connectivity index (χ0v) is 4.30. The minimum Gasteiger partial charge on any atom is -0.479 e. The van der Waals surface area contributed by atoms with Gasteiger partial charge in [-0.25, -0.2) is 9.18 Å². The highest BCUT2D eigenvalue weighted by atomic mass is 19.1. The van der Waals surface area contributed by atoms with Crippen LogP contribution in [0.2, 0.25) is 0 Å². The molecule has 0 saturated carbocycles. The van der Waals surface area contributed by atoms with Crippen LogP contribution >= 0.6 is 0 Å². The van der Waals surface area contributed by atoms with E-state index in [9.17, 15) is 9.18 Å². The van der Waals surface area contributed by atoms with Crippen LogP contribution in [0.15, 0.2) is 12.7 Å². The number of allylic oxidation sites excluding steroid dienone is 1. The van der Waals surface area contributed by atoms with Gasteiger partial charge in [0, 0.05) is 6.42 Å². The van der Waals surface area contributed by atoms with Gasteiger partial charge in [-0.15, -0.1) is 6.58 Å². The van der Waals surface area contributed by atoms with Gasteiger partial charge in [0.1, 0.15) is 0 Å². The maximum atomic E-state index is 11.9. The molecule has 2 nitrogen and oxygen atoms in total.